The maximum Gasteiger partial charge on any atom is 0.263 e. The van der Waals surface area contributed by atoms with Crippen LogP contribution in [0.2, 0.25) is 0 Å². The highest BCUT2D eigenvalue weighted by Gasteiger charge is 2.28. The monoisotopic (exact) mass is 333 g/mol. The summed E-state index contributed by atoms with van der Waals surface area (Å²) in [6.07, 6.45) is 3.98. The molecule has 1 amide bonds. The Hall–Kier alpha value is -1.66. The van der Waals surface area contributed by atoms with Gasteiger partial charge in [0.1, 0.15) is 12.4 Å². The molecule has 5 nitrogen and oxygen atoms in total. The molecule has 1 aliphatic rings. The van der Waals surface area contributed by atoms with E-state index in [9.17, 15) is 4.79 Å². The number of aromatic nitrogens is 2. The maximum absolute atomic E-state index is 12.7. The average Bonchev–Trinajstić information content (AvgIpc) is 3.13. The van der Waals surface area contributed by atoms with Crippen LogP contribution in [0.3, 0.4) is 0 Å². The van der Waals surface area contributed by atoms with Crippen LogP contribution >= 0.6 is 11.3 Å². The van der Waals surface area contributed by atoms with Crippen molar-refractivity contribution >= 4 is 17.2 Å². The first-order chi connectivity index (χ1) is 11.1. The Balaban J connectivity index is 1.78. The van der Waals surface area contributed by atoms with Gasteiger partial charge in [0.05, 0.1) is 10.9 Å². The van der Waals surface area contributed by atoms with Crippen molar-refractivity contribution in [2.75, 3.05) is 20.2 Å². The van der Waals surface area contributed by atoms with Crippen LogP contribution in [0.15, 0.2) is 18.3 Å². The Kier molecular flexibility index (Phi) is 4.82. The molecule has 2 aromatic heterocycles. The lowest BCUT2D eigenvalue weighted by Gasteiger charge is -2.34. The molecular weight excluding hydrogens is 310 g/mol. The summed E-state index contributed by atoms with van der Waals surface area (Å²) in [4.78, 5) is 21.2. The standard InChI is InChI=1S/C17H23N3O2S/c1-12-9-18-16(11-22-3)20(12)14-5-4-8-19(10-14)17(21)15-7-6-13(2)23-15/h6-7,9,14H,4-5,8,10-11H2,1-3H3. The Morgan fingerprint density at radius 1 is 1.43 bits per heavy atom. The zero-order valence-electron chi connectivity index (χ0n) is 13.9. The number of hydrogen-bond acceptors (Lipinski definition) is 4. The van der Waals surface area contributed by atoms with Gasteiger partial charge in [0, 0.05) is 37.0 Å². The van der Waals surface area contributed by atoms with Crippen molar-refractivity contribution in [3.63, 3.8) is 0 Å². The molecule has 1 unspecified atom stereocenters. The first kappa shape index (κ1) is 16.2. The Labute approximate surface area is 140 Å². The smallest absolute Gasteiger partial charge is 0.263 e. The van der Waals surface area contributed by atoms with Gasteiger partial charge in [0.2, 0.25) is 0 Å². The number of thiophene rings is 1. The van der Waals surface area contributed by atoms with E-state index in [1.54, 1.807) is 18.4 Å². The molecule has 1 aliphatic heterocycles. The van der Waals surface area contributed by atoms with Crippen LogP contribution in [0, 0.1) is 13.8 Å². The molecule has 0 radical (unpaired) electrons. The summed E-state index contributed by atoms with van der Waals surface area (Å²) in [5.41, 5.74) is 1.13. The van der Waals surface area contributed by atoms with Crippen LogP contribution in [0.4, 0.5) is 0 Å². The van der Waals surface area contributed by atoms with Gasteiger partial charge in [-0.3, -0.25) is 4.79 Å². The fourth-order valence-electron chi connectivity index (χ4n) is 3.29. The maximum atomic E-state index is 12.7. The minimum atomic E-state index is 0.152. The van der Waals surface area contributed by atoms with Crippen molar-refractivity contribution in [1.29, 1.82) is 0 Å². The molecule has 23 heavy (non-hydrogen) atoms. The molecule has 6 heteroatoms. The lowest BCUT2D eigenvalue weighted by Crippen LogP contribution is -2.41. The third kappa shape index (κ3) is 3.33. The Morgan fingerprint density at radius 2 is 2.26 bits per heavy atom. The van der Waals surface area contributed by atoms with E-state index in [2.05, 4.69) is 16.5 Å². The largest absolute Gasteiger partial charge is 0.377 e. The van der Waals surface area contributed by atoms with E-state index in [0.29, 0.717) is 6.61 Å². The lowest BCUT2D eigenvalue weighted by molar-refractivity contribution is 0.0677. The summed E-state index contributed by atoms with van der Waals surface area (Å²) in [7, 11) is 1.68. The number of imidazole rings is 1. The van der Waals surface area contributed by atoms with E-state index in [0.717, 1.165) is 42.3 Å². The summed E-state index contributed by atoms with van der Waals surface area (Å²) >= 11 is 1.57. The number of methoxy groups -OCH3 is 1. The molecule has 1 fully saturated rings. The van der Waals surface area contributed by atoms with E-state index in [1.807, 2.05) is 30.2 Å². The quantitative estimate of drug-likeness (QED) is 0.863. The van der Waals surface area contributed by atoms with E-state index in [1.165, 1.54) is 4.88 Å². The van der Waals surface area contributed by atoms with Crippen LogP contribution in [0.5, 0.6) is 0 Å². The Morgan fingerprint density at radius 3 is 2.96 bits per heavy atom. The van der Waals surface area contributed by atoms with Gasteiger partial charge >= 0.3 is 0 Å². The Bertz CT molecular complexity index is 692. The van der Waals surface area contributed by atoms with Gasteiger partial charge in [-0.1, -0.05) is 0 Å². The predicted octanol–water partition coefficient (Wildman–Crippen LogP) is 3.19. The minimum Gasteiger partial charge on any atom is -0.377 e. The second kappa shape index (κ2) is 6.84. The van der Waals surface area contributed by atoms with Crippen molar-refractivity contribution in [3.05, 3.63) is 39.6 Å². The lowest BCUT2D eigenvalue weighted by atomic mass is 10.0. The van der Waals surface area contributed by atoms with Crippen LogP contribution in [-0.2, 0) is 11.3 Å². The third-order valence-electron chi connectivity index (χ3n) is 4.33. The zero-order valence-corrected chi connectivity index (χ0v) is 14.7. The summed E-state index contributed by atoms with van der Waals surface area (Å²) in [5, 5.41) is 0. The van der Waals surface area contributed by atoms with Crippen molar-refractivity contribution in [2.24, 2.45) is 0 Å². The van der Waals surface area contributed by atoms with Gasteiger partial charge in [-0.2, -0.15) is 0 Å². The summed E-state index contributed by atoms with van der Waals surface area (Å²) in [6.45, 7) is 6.17. The second-order valence-corrected chi connectivity index (χ2v) is 7.36. The van der Waals surface area contributed by atoms with Gasteiger partial charge in [0.25, 0.3) is 5.91 Å². The molecular formula is C17H23N3O2S. The number of amides is 1. The van der Waals surface area contributed by atoms with E-state index < -0.39 is 0 Å². The highest BCUT2D eigenvalue weighted by Crippen LogP contribution is 2.27. The van der Waals surface area contributed by atoms with Gasteiger partial charge in [-0.25, -0.2) is 4.98 Å². The van der Waals surface area contributed by atoms with Crippen molar-refractivity contribution < 1.29 is 9.53 Å². The molecule has 0 N–H and O–H groups in total. The average molecular weight is 333 g/mol. The van der Waals surface area contributed by atoms with Crippen LogP contribution in [0.25, 0.3) is 0 Å². The predicted molar refractivity (Wildman–Crippen MR) is 90.9 cm³/mol. The number of carbonyl (C=O) groups is 1. The first-order valence-electron chi connectivity index (χ1n) is 7.97. The van der Waals surface area contributed by atoms with Crippen molar-refractivity contribution in [1.82, 2.24) is 14.5 Å². The third-order valence-corrected chi connectivity index (χ3v) is 5.32. The molecule has 0 aliphatic carbocycles. The van der Waals surface area contributed by atoms with Gasteiger partial charge < -0.3 is 14.2 Å². The van der Waals surface area contributed by atoms with Crippen LogP contribution < -0.4 is 0 Å². The summed E-state index contributed by atoms with van der Waals surface area (Å²) < 4.78 is 7.50. The molecule has 0 aromatic carbocycles. The number of carbonyl (C=O) groups excluding carboxylic acids is 1. The number of rotatable bonds is 4. The SMILES string of the molecule is COCc1ncc(C)n1C1CCCN(C(=O)c2ccc(C)s2)C1. The molecule has 3 heterocycles. The molecule has 124 valence electrons. The highest BCUT2D eigenvalue weighted by atomic mass is 32.1. The van der Waals surface area contributed by atoms with Crippen LogP contribution in [0.1, 0.15) is 45.0 Å². The highest BCUT2D eigenvalue weighted by molar-refractivity contribution is 7.13. The second-order valence-electron chi connectivity index (χ2n) is 6.08. The first-order valence-corrected chi connectivity index (χ1v) is 8.79. The topological polar surface area (TPSA) is 47.4 Å². The molecule has 2 aromatic rings. The van der Waals surface area contributed by atoms with Crippen molar-refractivity contribution in [2.45, 2.75) is 39.3 Å². The number of aryl methyl sites for hydroxylation is 2. The minimum absolute atomic E-state index is 0.152. The molecule has 1 atom stereocenters. The number of piperidine rings is 1. The number of likely N-dealkylation sites (tertiary alicyclic amines) is 1. The molecule has 0 bridgehead atoms. The van der Waals surface area contributed by atoms with E-state index in [-0.39, 0.29) is 11.9 Å². The number of ether oxygens (including phenoxy) is 1. The van der Waals surface area contributed by atoms with Gasteiger partial charge in [-0.05, 0) is 38.8 Å². The van der Waals surface area contributed by atoms with Crippen molar-refractivity contribution in [3.8, 4) is 0 Å². The molecule has 0 spiro atoms. The number of hydrogen-bond donors (Lipinski definition) is 0. The van der Waals surface area contributed by atoms with Gasteiger partial charge in [0.15, 0.2) is 0 Å². The fraction of sp³-hybridized carbons (Fsp3) is 0.529. The normalized spacial score (nSPS) is 18.4. The summed E-state index contributed by atoms with van der Waals surface area (Å²) in [5.74, 6) is 1.09. The zero-order chi connectivity index (χ0) is 16.4. The molecule has 1 saturated heterocycles. The van der Waals surface area contributed by atoms with E-state index >= 15 is 0 Å². The van der Waals surface area contributed by atoms with Gasteiger partial charge in [-0.15, -0.1) is 11.3 Å². The number of nitrogens with zero attached hydrogens (tertiary/aromatic N) is 3. The van der Waals surface area contributed by atoms with E-state index in [4.69, 9.17) is 4.74 Å². The summed E-state index contributed by atoms with van der Waals surface area (Å²) in [6, 6.07) is 4.22. The molecule has 0 saturated carbocycles. The fourth-order valence-corrected chi connectivity index (χ4v) is 4.12. The van der Waals surface area contributed by atoms with Crippen LogP contribution in [-0.4, -0.2) is 40.6 Å². The molecule has 3 rings (SSSR count).